The molecule has 0 saturated carbocycles. The number of hydrogen-bond donors (Lipinski definition) is 2. The fourth-order valence-electron chi connectivity index (χ4n) is 1.31. The monoisotopic (exact) mass is 243 g/mol. The van der Waals surface area contributed by atoms with Crippen molar-refractivity contribution in [2.45, 2.75) is 30.5 Å². The standard InChI is InChI=1S/C12H18FNOS/c1-3-14-7-10-6-11(13)4-5-12(10)16-9(2)8-15/h4-6,9,14-15H,3,7-8H2,1-2H3. The molecule has 1 aromatic rings. The van der Waals surface area contributed by atoms with Crippen LogP contribution in [0.15, 0.2) is 23.1 Å². The van der Waals surface area contributed by atoms with E-state index >= 15 is 0 Å². The van der Waals surface area contributed by atoms with Crippen LogP contribution in [-0.4, -0.2) is 23.5 Å². The van der Waals surface area contributed by atoms with Crippen molar-refractivity contribution in [1.82, 2.24) is 5.32 Å². The van der Waals surface area contributed by atoms with Crippen LogP contribution in [0.3, 0.4) is 0 Å². The summed E-state index contributed by atoms with van der Waals surface area (Å²) >= 11 is 1.57. The summed E-state index contributed by atoms with van der Waals surface area (Å²) in [7, 11) is 0. The molecule has 0 fully saturated rings. The third-order valence-corrected chi connectivity index (χ3v) is 3.38. The van der Waals surface area contributed by atoms with E-state index < -0.39 is 0 Å². The third-order valence-electron chi connectivity index (χ3n) is 2.17. The Labute approximate surface area is 100 Å². The van der Waals surface area contributed by atoms with E-state index in [0.29, 0.717) is 6.54 Å². The van der Waals surface area contributed by atoms with Crippen LogP contribution in [0.25, 0.3) is 0 Å². The van der Waals surface area contributed by atoms with Crippen LogP contribution >= 0.6 is 11.8 Å². The first-order valence-corrected chi connectivity index (χ1v) is 6.32. The van der Waals surface area contributed by atoms with Crippen LogP contribution < -0.4 is 5.32 Å². The maximum absolute atomic E-state index is 13.1. The molecule has 16 heavy (non-hydrogen) atoms. The van der Waals surface area contributed by atoms with Crippen molar-refractivity contribution in [1.29, 1.82) is 0 Å². The van der Waals surface area contributed by atoms with Crippen LogP contribution in [-0.2, 0) is 6.54 Å². The zero-order valence-electron chi connectivity index (χ0n) is 9.66. The predicted octanol–water partition coefficient (Wildman–Crippen LogP) is 2.41. The van der Waals surface area contributed by atoms with Gasteiger partial charge in [0.15, 0.2) is 0 Å². The maximum Gasteiger partial charge on any atom is 0.123 e. The van der Waals surface area contributed by atoms with Gasteiger partial charge in [-0.05, 0) is 30.3 Å². The topological polar surface area (TPSA) is 32.3 Å². The summed E-state index contributed by atoms with van der Waals surface area (Å²) in [5.74, 6) is -0.214. The van der Waals surface area contributed by atoms with Crippen molar-refractivity contribution in [3.63, 3.8) is 0 Å². The number of aliphatic hydroxyl groups is 1. The fourth-order valence-corrected chi connectivity index (χ4v) is 2.25. The second kappa shape index (κ2) is 6.89. The Balaban J connectivity index is 2.80. The molecule has 0 saturated heterocycles. The quantitative estimate of drug-likeness (QED) is 0.753. The lowest BCUT2D eigenvalue weighted by atomic mass is 10.2. The molecule has 0 radical (unpaired) electrons. The smallest absolute Gasteiger partial charge is 0.123 e. The maximum atomic E-state index is 13.1. The molecule has 2 N–H and O–H groups in total. The van der Waals surface area contributed by atoms with Gasteiger partial charge in [-0.3, -0.25) is 0 Å². The van der Waals surface area contributed by atoms with E-state index in [1.165, 1.54) is 6.07 Å². The van der Waals surface area contributed by atoms with Crippen molar-refractivity contribution in [2.24, 2.45) is 0 Å². The van der Waals surface area contributed by atoms with E-state index in [4.69, 9.17) is 5.11 Å². The largest absolute Gasteiger partial charge is 0.395 e. The van der Waals surface area contributed by atoms with Gasteiger partial charge in [-0.25, -0.2) is 4.39 Å². The van der Waals surface area contributed by atoms with E-state index in [1.807, 2.05) is 13.8 Å². The molecule has 0 spiro atoms. The Hall–Kier alpha value is -0.580. The first-order chi connectivity index (χ1) is 7.67. The predicted molar refractivity (Wildman–Crippen MR) is 66.2 cm³/mol. The molecule has 0 aromatic heterocycles. The summed E-state index contributed by atoms with van der Waals surface area (Å²) in [6, 6.07) is 4.79. The molecule has 0 aliphatic rings. The van der Waals surface area contributed by atoms with Gasteiger partial charge >= 0.3 is 0 Å². The summed E-state index contributed by atoms with van der Waals surface area (Å²) < 4.78 is 13.1. The lowest BCUT2D eigenvalue weighted by molar-refractivity contribution is 0.300. The SMILES string of the molecule is CCNCc1cc(F)ccc1SC(C)CO. The molecule has 1 aromatic carbocycles. The van der Waals surface area contributed by atoms with E-state index in [1.54, 1.807) is 23.9 Å². The molecule has 1 atom stereocenters. The van der Waals surface area contributed by atoms with Gasteiger partial charge in [-0.1, -0.05) is 13.8 Å². The molecular weight excluding hydrogens is 225 g/mol. The minimum absolute atomic E-state index is 0.128. The molecule has 1 rings (SSSR count). The highest BCUT2D eigenvalue weighted by Gasteiger charge is 2.08. The van der Waals surface area contributed by atoms with Crippen molar-refractivity contribution in [3.05, 3.63) is 29.6 Å². The summed E-state index contributed by atoms with van der Waals surface area (Å²) in [6.07, 6.45) is 0. The minimum Gasteiger partial charge on any atom is -0.395 e. The zero-order chi connectivity index (χ0) is 12.0. The van der Waals surface area contributed by atoms with E-state index in [9.17, 15) is 4.39 Å². The van der Waals surface area contributed by atoms with Crippen molar-refractivity contribution < 1.29 is 9.50 Å². The summed E-state index contributed by atoms with van der Waals surface area (Å²) in [4.78, 5) is 1.03. The van der Waals surface area contributed by atoms with Gasteiger partial charge in [0.25, 0.3) is 0 Å². The second-order valence-corrected chi connectivity index (χ2v) is 5.12. The van der Waals surface area contributed by atoms with Crippen molar-refractivity contribution >= 4 is 11.8 Å². The van der Waals surface area contributed by atoms with Gasteiger partial charge in [0.05, 0.1) is 6.61 Å². The molecule has 0 amide bonds. The number of aliphatic hydroxyl groups excluding tert-OH is 1. The molecule has 0 aliphatic heterocycles. The van der Waals surface area contributed by atoms with Crippen LogP contribution in [0, 0.1) is 5.82 Å². The van der Waals surface area contributed by atoms with Gasteiger partial charge in [0.2, 0.25) is 0 Å². The first-order valence-electron chi connectivity index (χ1n) is 5.44. The number of rotatable bonds is 6. The highest BCUT2D eigenvalue weighted by atomic mass is 32.2. The van der Waals surface area contributed by atoms with Gasteiger partial charge in [-0.15, -0.1) is 11.8 Å². The summed E-state index contributed by atoms with van der Waals surface area (Å²) in [5, 5.41) is 12.3. The van der Waals surface area contributed by atoms with Gasteiger partial charge < -0.3 is 10.4 Å². The highest BCUT2D eigenvalue weighted by molar-refractivity contribution is 8.00. The van der Waals surface area contributed by atoms with Crippen LogP contribution in [0.4, 0.5) is 4.39 Å². The number of hydrogen-bond acceptors (Lipinski definition) is 3. The number of benzene rings is 1. The summed E-state index contributed by atoms with van der Waals surface area (Å²) in [6.45, 7) is 5.61. The second-order valence-electron chi connectivity index (χ2n) is 3.64. The molecule has 1 unspecified atom stereocenters. The lowest BCUT2D eigenvalue weighted by Gasteiger charge is -2.13. The number of thioether (sulfide) groups is 1. The van der Waals surface area contributed by atoms with Crippen LogP contribution in [0.5, 0.6) is 0 Å². The fraction of sp³-hybridized carbons (Fsp3) is 0.500. The molecule has 0 aliphatic carbocycles. The molecule has 4 heteroatoms. The minimum atomic E-state index is -0.214. The number of nitrogens with one attached hydrogen (secondary N) is 1. The normalized spacial score (nSPS) is 12.8. The molecule has 2 nitrogen and oxygen atoms in total. The molecular formula is C12H18FNOS. The highest BCUT2D eigenvalue weighted by Crippen LogP contribution is 2.27. The summed E-state index contributed by atoms with van der Waals surface area (Å²) in [5.41, 5.74) is 0.951. The van der Waals surface area contributed by atoms with Gasteiger partial charge in [-0.2, -0.15) is 0 Å². The van der Waals surface area contributed by atoms with Crippen molar-refractivity contribution in [2.75, 3.05) is 13.2 Å². The van der Waals surface area contributed by atoms with Gasteiger partial charge in [0.1, 0.15) is 5.82 Å². The number of halogens is 1. The van der Waals surface area contributed by atoms with Crippen LogP contribution in [0.2, 0.25) is 0 Å². The Kier molecular flexibility index (Phi) is 5.80. The van der Waals surface area contributed by atoms with E-state index in [0.717, 1.165) is 17.0 Å². The first kappa shape index (κ1) is 13.5. The van der Waals surface area contributed by atoms with E-state index in [2.05, 4.69) is 5.32 Å². The third kappa shape index (κ3) is 4.12. The zero-order valence-corrected chi connectivity index (χ0v) is 10.5. The Morgan fingerprint density at radius 2 is 2.25 bits per heavy atom. The molecule has 0 heterocycles. The Morgan fingerprint density at radius 1 is 1.50 bits per heavy atom. The Bertz CT molecular complexity index is 333. The average molecular weight is 243 g/mol. The van der Waals surface area contributed by atoms with E-state index in [-0.39, 0.29) is 17.7 Å². The lowest BCUT2D eigenvalue weighted by Crippen LogP contribution is -2.13. The molecule has 90 valence electrons. The molecule has 0 bridgehead atoms. The van der Waals surface area contributed by atoms with Crippen LogP contribution in [0.1, 0.15) is 19.4 Å². The van der Waals surface area contributed by atoms with Crippen molar-refractivity contribution in [3.8, 4) is 0 Å². The average Bonchev–Trinajstić information content (AvgIpc) is 2.29. The Morgan fingerprint density at radius 3 is 2.88 bits per heavy atom. The van der Waals surface area contributed by atoms with Gasteiger partial charge in [0, 0.05) is 16.7 Å².